The second-order valence-corrected chi connectivity index (χ2v) is 7.28. The van der Waals surface area contributed by atoms with Gasteiger partial charge in [-0.3, -0.25) is 4.90 Å². The number of rotatable bonds is 9. The Kier molecular flexibility index (Phi) is 7.16. The van der Waals surface area contributed by atoms with Crippen LogP contribution >= 0.6 is 11.8 Å². The van der Waals surface area contributed by atoms with Crippen molar-refractivity contribution in [3.05, 3.63) is 5.82 Å². The lowest BCUT2D eigenvalue weighted by molar-refractivity contribution is 0.107. The van der Waals surface area contributed by atoms with Crippen LogP contribution in [-0.4, -0.2) is 50.2 Å². The highest BCUT2D eigenvalue weighted by atomic mass is 32.2. The van der Waals surface area contributed by atoms with Gasteiger partial charge in [-0.15, -0.1) is 10.2 Å². The second-order valence-electron chi connectivity index (χ2n) is 6.33. The molecule has 21 heavy (non-hydrogen) atoms. The van der Waals surface area contributed by atoms with Crippen LogP contribution in [0, 0.1) is 0 Å². The molecule has 1 heterocycles. The van der Waals surface area contributed by atoms with Crippen molar-refractivity contribution in [1.29, 1.82) is 0 Å². The van der Waals surface area contributed by atoms with Crippen molar-refractivity contribution in [2.24, 2.45) is 0 Å². The fourth-order valence-electron chi connectivity index (χ4n) is 2.20. The molecule has 0 aliphatic heterocycles. The van der Waals surface area contributed by atoms with Gasteiger partial charge in [0.2, 0.25) is 0 Å². The van der Waals surface area contributed by atoms with E-state index in [-0.39, 0.29) is 6.04 Å². The largest absolute Gasteiger partial charge is 0.390 e. The molecular formula is C15H30N4OS. The van der Waals surface area contributed by atoms with E-state index < -0.39 is 5.60 Å². The highest BCUT2D eigenvalue weighted by Gasteiger charge is 2.23. The molecule has 1 aromatic heterocycles. The van der Waals surface area contributed by atoms with E-state index in [0.29, 0.717) is 5.75 Å². The molecular weight excluding hydrogens is 284 g/mol. The van der Waals surface area contributed by atoms with Gasteiger partial charge in [0.25, 0.3) is 0 Å². The van der Waals surface area contributed by atoms with E-state index in [2.05, 4.69) is 47.6 Å². The fourth-order valence-corrected chi connectivity index (χ4v) is 3.12. The molecule has 0 bridgehead atoms. The van der Waals surface area contributed by atoms with Crippen molar-refractivity contribution in [3.63, 3.8) is 0 Å². The van der Waals surface area contributed by atoms with Crippen LogP contribution in [0.15, 0.2) is 5.16 Å². The highest BCUT2D eigenvalue weighted by Crippen LogP contribution is 2.27. The van der Waals surface area contributed by atoms with E-state index in [1.807, 2.05) is 13.8 Å². The molecule has 0 saturated heterocycles. The first-order chi connectivity index (χ1) is 9.80. The molecule has 0 amide bonds. The van der Waals surface area contributed by atoms with Gasteiger partial charge in [0.1, 0.15) is 0 Å². The maximum atomic E-state index is 9.91. The first-order valence-corrected chi connectivity index (χ1v) is 8.73. The maximum absolute atomic E-state index is 9.91. The first-order valence-electron chi connectivity index (χ1n) is 7.74. The average molecular weight is 314 g/mol. The standard InChI is InChI=1S/C15H30N4OS/c1-7-9-10-19-13(12(8-2)18(5)6)16-17-14(19)21-11-15(3,4)20/h12,20H,7-11H2,1-6H3. The van der Waals surface area contributed by atoms with E-state index in [1.165, 1.54) is 0 Å². The lowest BCUT2D eigenvalue weighted by atomic mass is 10.2. The van der Waals surface area contributed by atoms with E-state index in [0.717, 1.165) is 36.8 Å². The number of hydrogen-bond donors (Lipinski definition) is 1. The zero-order valence-electron chi connectivity index (χ0n) is 14.3. The number of nitrogens with zero attached hydrogens (tertiary/aromatic N) is 4. The minimum Gasteiger partial charge on any atom is -0.390 e. The van der Waals surface area contributed by atoms with E-state index in [9.17, 15) is 5.11 Å². The lowest BCUT2D eigenvalue weighted by Gasteiger charge is -2.23. The number of aliphatic hydroxyl groups is 1. The van der Waals surface area contributed by atoms with Crippen molar-refractivity contribution in [2.75, 3.05) is 19.8 Å². The van der Waals surface area contributed by atoms with Crippen LogP contribution in [0.1, 0.15) is 58.8 Å². The predicted molar refractivity (Wildman–Crippen MR) is 88.7 cm³/mol. The van der Waals surface area contributed by atoms with Gasteiger partial charge in [0.05, 0.1) is 11.6 Å². The van der Waals surface area contributed by atoms with Gasteiger partial charge in [0.15, 0.2) is 11.0 Å². The van der Waals surface area contributed by atoms with Gasteiger partial charge in [-0.05, 0) is 40.8 Å². The number of hydrogen-bond acceptors (Lipinski definition) is 5. The summed E-state index contributed by atoms with van der Waals surface area (Å²) in [6.45, 7) is 8.95. The molecule has 1 aromatic rings. The summed E-state index contributed by atoms with van der Waals surface area (Å²) in [5.74, 6) is 1.66. The van der Waals surface area contributed by atoms with Crippen LogP contribution in [0.4, 0.5) is 0 Å². The summed E-state index contributed by atoms with van der Waals surface area (Å²) in [5.41, 5.74) is -0.696. The van der Waals surface area contributed by atoms with Gasteiger partial charge >= 0.3 is 0 Å². The molecule has 0 fully saturated rings. The van der Waals surface area contributed by atoms with Crippen LogP contribution in [0.25, 0.3) is 0 Å². The number of thioether (sulfide) groups is 1. The molecule has 1 unspecified atom stereocenters. The Morgan fingerprint density at radius 3 is 2.43 bits per heavy atom. The quantitative estimate of drug-likeness (QED) is 0.710. The maximum Gasteiger partial charge on any atom is 0.191 e. The summed E-state index contributed by atoms with van der Waals surface area (Å²) in [6.07, 6.45) is 3.27. The Morgan fingerprint density at radius 1 is 1.29 bits per heavy atom. The summed E-state index contributed by atoms with van der Waals surface area (Å²) in [5, 5.41) is 19.6. The molecule has 0 aromatic carbocycles. The molecule has 122 valence electrons. The Morgan fingerprint density at radius 2 is 1.95 bits per heavy atom. The SMILES string of the molecule is CCCCn1c(SCC(C)(C)O)nnc1C(CC)N(C)C. The molecule has 0 saturated carbocycles. The summed E-state index contributed by atoms with van der Waals surface area (Å²) < 4.78 is 2.23. The van der Waals surface area contributed by atoms with Crippen LogP contribution in [0.3, 0.4) is 0 Å². The van der Waals surface area contributed by atoms with Crippen molar-refractivity contribution in [1.82, 2.24) is 19.7 Å². The zero-order valence-corrected chi connectivity index (χ0v) is 15.1. The Balaban J connectivity index is 3.00. The molecule has 0 aliphatic carbocycles. The normalized spacial score (nSPS) is 13.9. The van der Waals surface area contributed by atoms with Crippen molar-refractivity contribution in [3.8, 4) is 0 Å². The Bertz CT molecular complexity index is 426. The third-order valence-electron chi connectivity index (χ3n) is 3.34. The van der Waals surface area contributed by atoms with E-state index in [1.54, 1.807) is 11.8 Å². The molecule has 0 radical (unpaired) electrons. The van der Waals surface area contributed by atoms with Gasteiger partial charge in [-0.2, -0.15) is 0 Å². The van der Waals surface area contributed by atoms with Gasteiger partial charge in [-0.25, -0.2) is 0 Å². The summed E-state index contributed by atoms with van der Waals surface area (Å²) in [4.78, 5) is 2.19. The van der Waals surface area contributed by atoms with Gasteiger partial charge < -0.3 is 9.67 Å². The summed E-state index contributed by atoms with van der Waals surface area (Å²) in [7, 11) is 4.16. The minimum atomic E-state index is -0.696. The molecule has 5 nitrogen and oxygen atoms in total. The Labute approximate surface area is 133 Å². The molecule has 0 spiro atoms. The monoisotopic (exact) mass is 314 g/mol. The number of aromatic nitrogens is 3. The summed E-state index contributed by atoms with van der Waals surface area (Å²) in [6, 6.07) is 0.283. The lowest BCUT2D eigenvalue weighted by Crippen LogP contribution is -2.24. The van der Waals surface area contributed by atoms with Crippen LogP contribution in [0.2, 0.25) is 0 Å². The fraction of sp³-hybridized carbons (Fsp3) is 0.867. The van der Waals surface area contributed by atoms with Crippen LogP contribution in [0.5, 0.6) is 0 Å². The van der Waals surface area contributed by atoms with Gasteiger partial charge in [-0.1, -0.05) is 32.0 Å². The van der Waals surface area contributed by atoms with Crippen LogP contribution in [-0.2, 0) is 6.54 Å². The molecule has 1 atom stereocenters. The zero-order chi connectivity index (χ0) is 16.0. The smallest absolute Gasteiger partial charge is 0.191 e. The minimum absolute atomic E-state index is 0.283. The Hall–Kier alpha value is -0.590. The topological polar surface area (TPSA) is 54.2 Å². The molecule has 6 heteroatoms. The van der Waals surface area contributed by atoms with Crippen molar-refractivity contribution in [2.45, 2.75) is 70.3 Å². The van der Waals surface area contributed by atoms with Crippen molar-refractivity contribution < 1.29 is 5.11 Å². The summed E-state index contributed by atoms with van der Waals surface area (Å²) >= 11 is 1.59. The van der Waals surface area contributed by atoms with Crippen LogP contribution < -0.4 is 0 Å². The highest BCUT2D eigenvalue weighted by molar-refractivity contribution is 7.99. The number of unbranched alkanes of at least 4 members (excludes halogenated alkanes) is 1. The van der Waals surface area contributed by atoms with Crippen molar-refractivity contribution >= 4 is 11.8 Å². The van der Waals surface area contributed by atoms with E-state index in [4.69, 9.17) is 0 Å². The third-order valence-corrected chi connectivity index (χ3v) is 4.75. The molecule has 1 rings (SSSR count). The third kappa shape index (κ3) is 5.60. The van der Waals surface area contributed by atoms with E-state index >= 15 is 0 Å². The van der Waals surface area contributed by atoms with Gasteiger partial charge in [0, 0.05) is 12.3 Å². The second kappa shape index (κ2) is 8.15. The average Bonchev–Trinajstić information content (AvgIpc) is 2.76. The molecule has 0 aliphatic rings. The predicted octanol–water partition coefficient (Wildman–Crippen LogP) is 2.95. The molecule has 1 N–H and O–H groups in total. The first kappa shape index (κ1) is 18.5.